The van der Waals surface area contributed by atoms with E-state index in [9.17, 15) is 5.11 Å². The third-order valence-electron chi connectivity index (χ3n) is 1.88. The molecule has 0 radical (unpaired) electrons. The van der Waals surface area contributed by atoms with Crippen LogP contribution in [0.25, 0.3) is 0 Å². The van der Waals surface area contributed by atoms with Crippen LogP contribution in [0.3, 0.4) is 0 Å². The SMILES string of the molecule is CC(O)(CSC#N)Cc1ccccc1. The molecular weight excluding hydrogens is 194 g/mol. The molecule has 0 saturated heterocycles. The summed E-state index contributed by atoms with van der Waals surface area (Å²) in [7, 11) is 0. The van der Waals surface area contributed by atoms with Gasteiger partial charge in [0, 0.05) is 12.2 Å². The average Bonchev–Trinajstić information content (AvgIpc) is 2.16. The summed E-state index contributed by atoms with van der Waals surface area (Å²) in [5.74, 6) is 0.443. The van der Waals surface area contributed by atoms with E-state index in [2.05, 4.69) is 0 Å². The Hall–Kier alpha value is -0.980. The van der Waals surface area contributed by atoms with Crippen molar-refractivity contribution in [3.8, 4) is 5.40 Å². The van der Waals surface area contributed by atoms with Crippen LogP contribution in [-0.4, -0.2) is 16.5 Å². The summed E-state index contributed by atoms with van der Waals surface area (Å²) in [6.45, 7) is 1.75. The van der Waals surface area contributed by atoms with Crippen molar-refractivity contribution in [2.75, 3.05) is 5.75 Å². The first-order chi connectivity index (χ1) is 6.64. The maximum Gasteiger partial charge on any atom is 0.133 e. The molecule has 0 bridgehead atoms. The van der Waals surface area contributed by atoms with Crippen molar-refractivity contribution >= 4 is 11.8 Å². The number of nitrogens with zero attached hydrogens (tertiary/aromatic N) is 1. The van der Waals surface area contributed by atoms with E-state index < -0.39 is 5.60 Å². The van der Waals surface area contributed by atoms with Crippen LogP contribution in [-0.2, 0) is 6.42 Å². The highest BCUT2D eigenvalue weighted by molar-refractivity contribution is 8.03. The zero-order valence-corrected chi connectivity index (χ0v) is 8.92. The lowest BCUT2D eigenvalue weighted by atomic mass is 9.99. The molecule has 1 unspecified atom stereocenters. The van der Waals surface area contributed by atoms with Crippen LogP contribution >= 0.6 is 11.8 Å². The first-order valence-corrected chi connectivity index (χ1v) is 5.40. The van der Waals surface area contributed by atoms with E-state index in [-0.39, 0.29) is 0 Å². The number of thiocyanates is 1. The third kappa shape index (κ3) is 3.82. The number of benzene rings is 1. The molecule has 0 amide bonds. The Labute approximate surface area is 88.6 Å². The van der Waals surface area contributed by atoms with Gasteiger partial charge < -0.3 is 5.11 Å². The molecule has 74 valence electrons. The zero-order valence-electron chi connectivity index (χ0n) is 8.10. The first-order valence-electron chi connectivity index (χ1n) is 4.41. The molecule has 0 saturated carbocycles. The summed E-state index contributed by atoms with van der Waals surface area (Å²) < 4.78 is 0. The van der Waals surface area contributed by atoms with Crippen LogP contribution in [0.2, 0.25) is 0 Å². The topological polar surface area (TPSA) is 44.0 Å². The first kappa shape index (κ1) is 11.1. The minimum Gasteiger partial charge on any atom is -0.389 e. The Bertz CT molecular complexity index is 316. The summed E-state index contributed by atoms with van der Waals surface area (Å²) in [5.41, 5.74) is 0.290. The molecule has 0 aliphatic carbocycles. The second-order valence-electron chi connectivity index (χ2n) is 3.54. The molecule has 1 N–H and O–H groups in total. The second-order valence-corrected chi connectivity index (χ2v) is 4.30. The molecule has 0 spiro atoms. The number of hydrogen-bond donors (Lipinski definition) is 1. The van der Waals surface area contributed by atoms with Gasteiger partial charge in [0.25, 0.3) is 0 Å². The molecule has 2 nitrogen and oxygen atoms in total. The number of nitriles is 1. The lowest BCUT2D eigenvalue weighted by Gasteiger charge is -2.21. The second kappa shape index (κ2) is 5.04. The highest BCUT2D eigenvalue weighted by atomic mass is 32.2. The Morgan fingerprint density at radius 1 is 1.43 bits per heavy atom. The lowest BCUT2D eigenvalue weighted by Crippen LogP contribution is -2.30. The molecule has 0 aromatic heterocycles. The van der Waals surface area contributed by atoms with E-state index in [1.165, 1.54) is 0 Å². The highest BCUT2D eigenvalue weighted by Crippen LogP contribution is 2.17. The van der Waals surface area contributed by atoms with Gasteiger partial charge in [0.2, 0.25) is 0 Å². The average molecular weight is 207 g/mol. The van der Waals surface area contributed by atoms with Crippen molar-refractivity contribution < 1.29 is 5.11 Å². The fourth-order valence-corrected chi connectivity index (χ4v) is 1.75. The van der Waals surface area contributed by atoms with E-state index in [0.717, 1.165) is 17.3 Å². The third-order valence-corrected chi connectivity index (χ3v) is 2.77. The maximum atomic E-state index is 9.93. The predicted octanol–water partition coefficient (Wildman–Crippen LogP) is 2.19. The van der Waals surface area contributed by atoms with Crippen molar-refractivity contribution in [1.82, 2.24) is 0 Å². The van der Waals surface area contributed by atoms with Gasteiger partial charge in [-0.05, 0) is 24.2 Å². The van der Waals surface area contributed by atoms with Crippen LogP contribution in [0, 0.1) is 10.7 Å². The summed E-state index contributed by atoms with van der Waals surface area (Å²) >= 11 is 1.09. The molecule has 0 heterocycles. The van der Waals surface area contributed by atoms with E-state index in [4.69, 9.17) is 5.26 Å². The van der Waals surface area contributed by atoms with Crippen LogP contribution < -0.4 is 0 Å². The van der Waals surface area contributed by atoms with Gasteiger partial charge in [0.1, 0.15) is 5.40 Å². The van der Waals surface area contributed by atoms with Gasteiger partial charge in [-0.25, -0.2) is 0 Å². The molecule has 0 aliphatic heterocycles. The Morgan fingerprint density at radius 3 is 2.64 bits per heavy atom. The van der Waals surface area contributed by atoms with E-state index in [0.29, 0.717) is 12.2 Å². The van der Waals surface area contributed by atoms with Crippen LogP contribution in [0.15, 0.2) is 30.3 Å². The van der Waals surface area contributed by atoms with Gasteiger partial charge >= 0.3 is 0 Å². The molecule has 0 fully saturated rings. The lowest BCUT2D eigenvalue weighted by molar-refractivity contribution is 0.0863. The van der Waals surface area contributed by atoms with Crippen LogP contribution in [0.4, 0.5) is 0 Å². The van der Waals surface area contributed by atoms with Crippen molar-refractivity contribution in [3.63, 3.8) is 0 Å². The van der Waals surface area contributed by atoms with Crippen LogP contribution in [0.5, 0.6) is 0 Å². The largest absolute Gasteiger partial charge is 0.389 e. The Kier molecular flexibility index (Phi) is 3.99. The smallest absolute Gasteiger partial charge is 0.133 e. The summed E-state index contributed by atoms with van der Waals surface area (Å²) in [6, 6.07) is 9.80. The Balaban J connectivity index is 2.55. The minimum atomic E-state index is -0.804. The van der Waals surface area contributed by atoms with E-state index >= 15 is 0 Å². The normalized spacial score (nSPS) is 14.4. The van der Waals surface area contributed by atoms with Gasteiger partial charge in [-0.2, -0.15) is 5.26 Å². The molecule has 1 rings (SSSR count). The molecule has 0 aliphatic rings. The summed E-state index contributed by atoms with van der Waals surface area (Å²) in [5, 5.41) is 20.3. The molecular formula is C11H13NOS. The zero-order chi connectivity index (χ0) is 10.4. The van der Waals surface area contributed by atoms with Gasteiger partial charge in [-0.15, -0.1) is 0 Å². The van der Waals surface area contributed by atoms with Crippen molar-refractivity contribution in [2.45, 2.75) is 18.9 Å². The molecule has 1 aromatic rings. The maximum absolute atomic E-state index is 9.93. The number of thioether (sulfide) groups is 1. The summed E-state index contributed by atoms with van der Waals surface area (Å²) in [4.78, 5) is 0. The predicted molar refractivity (Wildman–Crippen MR) is 58.8 cm³/mol. The fourth-order valence-electron chi connectivity index (χ4n) is 1.27. The molecule has 1 atom stereocenters. The minimum absolute atomic E-state index is 0.443. The number of hydrogen-bond acceptors (Lipinski definition) is 3. The molecule has 1 aromatic carbocycles. The summed E-state index contributed by atoms with van der Waals surface area (Å²) in [6.07, 6.45) is 0.586. The van der Waals surface area contributed by atoms with Gasteiger partial charge in [0.05, 0.1) is 5.60 Å². The van der Waals surface area contributed by atoms with Crippen molar-refractivity contribution in [3.05, 3.63) is 35.9 Å². The quantitative estimate of drug-likeness (QED) is 0.770. The van der Waals surface area contributed by atoms with E-state index in [1.54, 1.807) is 6.92 Å². The van der Waals surface area contributed by atoms with Gasteiger partial charge in [-0.3, -0.25) is 0 Å². The number of aliphatic hydroxyl groups is 1. The number of rotatable bonds is 4. The highest BCUT2D eigenvalue weighted by Gasteiger charge is 2.20. The standard InChI is InChI=1S/C11H13NOS/c1-11(13,8-14-9-12)7-10-5-3-2-4-6-10/h2-6,13H,7-8H2,1H3. The van der Waals surface area contributed by atoms with Gasteiger partial charge in [-0.1, -0.05) is 30.3 Å². The molecule has 14 heavy (non-hydrogen) atoms. The Morgan fingerprint density at radius 2 is 2.07 bits per heavy atom. The van der Waals surface area contributed by atoms with Crippen molar-refractivity contribution in [2.24, 2.45) is 0 Å². The van der Waals surface area contributed by atoms with E-state index in [1.807, 2.05) is 35.7 Å². The van der Waals surface area contributed by atoms with Crippen molar-refractivity contribution in [1.29, 1.82) is 5.26 Å². The monoisotopic (exact) mass is 207 g/mol. The fraction of sp³-hybridized carbons (Fsp3) is 0.364. The van der Waals surface area contributed by atoms with Crippen LogP contribution in [0.1, 0.15) is 12.5 Å². The van der Waals surface area contributed by atoms with Gasteiger partial charge in [0.15, 0.2) is 0 Å². The molecule has 3 heteroatoms.